The Morgan fingerprint density at radius 3 is 2.71 bits per heavy atom. The largest absolute Gasteiger partial charge is 0.329 e. The van der Waals surface area contributed by atoms with E-state index in [9.17, 15) is 0 Å². The Bertz CT molecular complexity index is 286. The van der Waals surface area contributed by atoms with Gasteiger partial charge in [0, 0.05) is 30.1 Å². The smallest absolute Gasteiger partial charge is 0.0334 e. The molecular weight excluding hydrogens is 248 g/mol. The summed E-state index contributed by atoms with van der Waals surface area (Å²) in [6, 6.07) is 5.39. The average Bonchev–Trinajstić information content (AvgIpc) is 2.81. The number of rotatable bonds is 8. The van der Waals surface area contributed by atoms with Gasteiger partial charge in [0.25, 0.3) is 0 Å². The summed E-state index contributed by atoms with van der Waals surface area (Å²) < 4.78 is 0. The molecule has 0 fully saturated rings. The molecular formula is C13H24N2S2. The van der Waals surface area contributed by atoms with Crippen molar-refractivity contribution in [1.82, 2.24) is 4.90 Å². The summed E-state index contributed by atoms with van der Waals surface area (Å²) in [7, 11) is 0. The lowest BCUT2D eigenvalue weighted by Crippen LogP contribution is -2.44. The van der Waals surface area contributed by atoms with Gasteiger partial charge in [0.2, 0.25) is 0 Å². The van der Waals surface area contributed by atoms with Crippen LogP contribution in [0.15, 0.2) is 17.5 Å². The molecule has 1 aromatic rings. The van der Waals surface area contributed by atoms with E-state index in [1.807, 2.05) is 23.1 Å². The van der Waals surface area contributed by atoms with Gasteiger partial charge in [-0.3, -0.25) is 4.90 Å². The van der Waals surface area contributed by atoms with E-state index >= 15 is 0 Å². The van der Waals surface area contributed by atoms with Crippen molar-refractivity contribution in [1.29, 1.82) is 0 Å². The molecule has 1 rings (SSSR count). The molecule has 0 aliphatic rings. The Hall–Kier alpha value is -0.0300. The molecule has 1 heterocycles. The standard InChI is InChI=1S/C13H24N2S2/c1-11(2)15(10-13-5-4-7-17-13)12(9-14)6-8-16-3/h4-5,7,11-12H,6,8-10,14H2,1-3H3. The summed E-state index contributed by atoms with van der Waals surface area (Å²) >= 11 is 3.74. The zero-order valence-electron chi connectivity index (χ0n) is 11.1. The Morgan fingerprint density at radius 2 is 2.24 bits per heavy atom. The van der Waals surface area contributed by atoms with E-state index in [0.29, 0.717) is 12.1 Å². The predicted octanol–water partition coefficient (Wildman–Crippen LogP) is 3.04. The van der Waals surface area contributed by atoms with Crippen molar-refractivity contribution in [3.8, 4) is 0 Å². The molecule has 2 nitrogen and oxygen atoms in total. The normalized spacial score (nSPS) is 13.5. The minimum absolute atomic E-state index is 0.504. The molecule has 0 spiro atoms. The summed E-state index contributed by atoms with van der Waals surface area (Å²) in [6.45, 7) is 6.31. The molecule has 1 unspecified atom stereocenters. The topological polar surface area (TPSA) is 29.3 Å². The first kappa shape index (κ1) is 15.0. The number of hydrogen-bond acceptors (Lipinski definition) is 4. The Kier molecular flexibility index (Phi) is 7.19. The molecule has 0 aliphatic heterocycles. The monoisotopic (exact) mass is 272 g/mol. The highest BCUT2D eigenvalue weighted by Gasteiger charge is 2.20. The van der Waals surface area contributed by atoms with E-state index < -0.39 is 0 Å². The van der Waals surface area contributed by atoms with E-state index in [-0.39, 0.29) is 0 Å². The molecule has 0 saturated carbocycles. The van der Waals surface area contributed by atoms with Gasteiger partial charge in [-0.25, -0.2) is 0 Å². The van der Waals surface area contributed by atoms with Gasteiger partial charge in [0.1, 0.15) is 0 Å². The van der Waals surface area contributed by atoms with Crippen molar-refractivity contribution >= 4 is 23.1 Å². The molecule has 0 radical (unpaired) electrons. The van der Waals surface area contributed by atoms with Crippen molar-refractivity contribution in [2.75, 3.05) is 18.6 Å². The second-order valence-electron chi connectivity index (χ2n) is 4.52. The Balaban J connectivity index is 2.62. The summed E-state index contributed by atoms with van der Waals surface area (Å²) in [5.41, 5.74) is 5.93. The van der Waals surface area contributed by atoms with Crippen LogP contribution in [0.2, 0.25) is 0 Å². The number of thioether (sulfide) groups is 1. The molecule has 1 atom stereocenters. The zero-order valence-corrected chi connectivity index (χ0v) is 12.7. The summed E-state index contributed by atoms with van der Waals surface area (Å²) in [4.78, 5) is 3.96. The van der Waals surface area contributed by atoms with Gasteiger partial charge in [-0.1, -0.05) is 6.07 Å². The lowest BCUT2D eigenvalue weighted by molar-refractivity contribution is 0.146. The molecule has 0 bridgehead atoms. The summed E-state index contributed by atoms with van der Waals surface area (Å²) in [5, 5.41) is 2.15. The van der Waals surface area contributed by atoms with Crippen LogP contribution in [0, 0.1) is 0 Å². The summed E-state index contributed by atoms with van der Waals surface area (Å²) in [6.07, 6.45) is 3.34. The molecule has 1 aromatic heterocycles. The van der Waals surface area contributed by atoms with Gasteiger partial charge in [0.15, 0.2) is 0 Å². The molecule has 2 N–H and O–H groups in total. The SMILES string of the molecule is CSCCC(CN)N(Cc1cccs1)C(C)C. The highest BCUT2D eigenvalue weighted by Crippen LogP contribution is 2.18. The fraction of sp³-hybridized carbons (Fsp3) is 0.692. The van der Waals surface area contributed by atoms with Gasteiger partial charge < -0.3 is 5.73 Å². The minimum Gasteiger partial charge on any atom is -0.329 e. The van der Waals surface area contributed by atoms with Gasteiger partial charge in [-0.15, -0.1) is 11.3 Å². The Labute approximate surface area is 114 Å². The second-order valence-corrected chi connectivity index (χ2v) is 6.53. The fourth-order valence-electron chi connectivity index (χ4n) is 1.99. The Morgan fingerprint density at radius 1 is 1.47 bits per heavy atom. The van der Waals surface area contributed by atoms with Crippen LogP contribution >= 0.6 is 23.1 Å². The van der Waals surface area contributed by atoms with Crippen molar-refractivity contribution in [2.24, 2.45) is 5.73 Å². The zero-order chi connectivity index (χ0) is 12.7. The van der Waals surface area contributed by atoms with Gasteiger partial charge in [0.05, 0.1) is 0 Å². The van der Waals surface area contributed by atoms with E-state index in [1.165, 1.54) is 17.1 Å². The van der Waals surface area contributed by atoms with Crippen LogP contribution in [0.25, 0.3) is 0 Å². The van der Waals surface area contributed by atoms with E-state index in [0.717, 1.165) is 13.1 Å². The summed E-state index contributed by atoms with van der Waals surface area (Å²) in [5.74, 6) is 1.19. The van der Waals surface area contributed by atoms with E-state index in [1.54, 1.807) is 0 Å². The first-order valence-electron chi connectivity index (χ1n) is 6.16. The first-order valence-corrected chi connectivity index (χ1v) is 8.43. The molecule has 98 valence electrons. The third-order valence-corrected chi connectivity index (χ3v) is 4.48. The fourth-order valence-corrected chi connectivity index (χ4v) is 3.21. The maximum Gasteiger partial charge on any atom is 0.0334 e. The highest BCUT2D eigenvalue weighted by molar-refractivity contribution is 7.98. The maximum atomic E-state index is 5.93. The van der Waals surface area contributed by atoms with E-state index in [4.69, 9.17) is 5.73 Å². The van der Waals surface area contributed by atoms with Gasteiger partial charge in [-0.05, 0) is 43.7 Å². The number of nitrogens with zero attached hydrogens (tertiary/aromatic N) is 1. The van der Waals surface area contributed by atoms with Gasteiger partial charge in [-0.2, -0.15) is 11.8 Å². The third-order valence-electron chi connectivity index (χ3n) is 2.98. The van der Waals surface area contributed by atoms with Gasteiger partial charge >= 0.3 is 0 Å². The van der Waals surface area contributed by atoms with Crippen LogP contribution in [0.4, 0.5) is 0 Å². The molecule has 0 aromatic carbocycles. The van der Waals surface area contributed by atoms with Crippen molar-refractivity contribution in [3.63, 3.8) is 0 Å². The average molecular weight is 272 g/mol. The van der Waals surface area contributed by atoms with Crippen LogP contribution in [0.3, 0.4) is 0 Å². The van der Waals surface area contributed by atoms with Crippen LogP contribution in [0.5, 0.6) is 0 Å². The van der Waals surface area contributed by atoms with Crippen LogP contribution in [-0.2, 0) is 6.54 Å². The molecule has 0 amide bonds. The van der Waals surface area contributed by atoms with Crippen LogP contribution in [0.1, 0.15) is 25.1 Å². The highest BCUT2D eigenvalue weighted by atomic mass is 32.2. The quantitative estimate of drug-likeness (QED) is 0.789. The molecule has 4 heteroatoms. The first-order chi connectivity index (χ1) is 8.19. The molecule has 0 aliphatic carbocycles. The van der Waals surface area contributed by atoms with Crippen LogP contribution in [-0.4, -0.2) is 35.5 Å². The molecule has 17 heavy (non-hydrogen) atoms. The van der Waals surface area contributed by atoms with Crippen molar-refractivity contribution in [3.05, 3.63) is 22.4 Å². The number of thiophene rings is 1. The van der Waals surface area contributed by atoms with Crippen LogP contribution < -0.4 is 5.73 Å². The third kappa shape index (κ3) is 5.00. The van der Waals surface area contributed by atoms with E-state index in [2.05, 4.69) is 42.5 Å². The molecule has 0 saturated heterocycles. The maximum absolute atomic E-state index is 5.93. The van der Waals surface area contributed by atoms with Crippen molar-refractivity contribution in [2.45, 2.75) is 38.9 Å². The lowest BCUT2D eigenvalue weighted by atomic mass is 10.1. The predicted molar refractivity (Wildman–Crippen MR) is 80.8 cm³/mol. The minimum atomic E-state index is 0.504. The second kappa shape index (κ2) is 8.14. The van der Waals surface area contributed by atoms with Crippen molar-refractivity contribution < 1.29 is 0 Å². The number of nitrogens with two attached hydrogens (primary N) is 1. The number of hydrogen-bond donors (Lipinski definition) is 1. The lowest BCUT2D eigenvalue weighted by Gasteiger charge is -2.34.